The van der Waals surface area contributed by atoms with Crippen molar-refractivity contribution in [1.82, 2.24) is 0 Å². The molecule has 0 aliphatic heterocycles. The van der Waals surface area contributed by atoms with Gasteiger partial charge >= 0.3 is 5.97 Å². The lowest BCUT2D eigenvalue weighted by Crippen LogP contribution is -3.00. The van der Waals surface area contributed by atoms with Gasteiger partial charge in [0.15, 0.2) is 0 Å². The molecule has 0 heterocycles. The van der Waals surface area contributed by atoms with Crippen LogP contribution in [-0.2, 0) is 9.53 Å². The molecule has 1 N–H and O–H groups in total. The molecule has 0 bridgehead atoms. The van der Waals surface area contributed by atoms with Crippen LogP contribution in [0.4, 0.5) is 0 Å². The van der Waals surface area contributed by atoms with Gasteiger partial charge in [-0.1, -0.05) is 70.4 Å². The van der Waals surface area contributed by atoms with Gasteiger partial charge in [0.1, 0.15) is 12.6 Å². The molecule has 0 radical (unpaired) electrons. The van der Waals surface area contributed by atoms with Crippen molar-refractivity contribution in [3.63, 3.8) is 0 Å². The lowest BCUT2D eigenvalue weighted by atomic mass is 10.1. The summed E-state index contributed by atoms with van der Waals surface area (Å²) in [5.41, 5.74) is 0. The van der Waals surface area contributed by atoms with Gasteiger partial charge in [0, 0.05) is 6.42 Å². The highest BCUT2D eigenvalue weighted by Gasteiger charge is 2.19. The summed E-state index contributed by atoms with van der Waals surface area (Å²) in [6.45, 7) is 4.93. The van der Waals surface area contributed by atoms with Crippen molar-refractivity contribution < 1.29 is 31.5 Å². The monoisotopic (exact) mass is 433 g/mol. The van der Waals surface area contributed by atoms with E-state index in [1.807, 2.05) is 14.1 Å². The third-order valence-electron chi connectivity index (χ3n) is 4.98. The number of allylic oxidation sites excluding steroid dienone is 2. The summed E-state index contributed by atoms with van der Waals surface area (Å²) in [5.74, 6) is -0.116. The standard InChI is InChI=1S/C24H48NO3.ClH/c1-5-6-7-8-9-10-11-12-13-14-15-16-17-18-19-20-24(27)28-22-25(3,4)21-23(2)26;/h12-13,23,26H,5-11,14-22H2,1-4H3;1H/q+1;/p-1/b13-12-;. The molecule has 0 aromatic heterocycles. The molecule has 1 atom stereocenters. The molecule has 0 aliphatic rings. The van der Waals surface area contributed by atoms with Crippen LogP contribution in [-0.4, -0.2) is 49.0 Å². The number of carbonyl (C=O) groups is 1. The zero-order chi connectivity index (χ0) is 21.1. The fourth-order valence-corrected chi connectivity index (χ4v) is 3.43. The third kappa shape index (κ3) is 23.6. The molecule has 0 fully saturated rings. The van der Waals surface area contributed by atoms with Crippen LogP contribution in [0.5, 0.6) is 0 Å². The average molecular weight is 434 g/mol. The van der Waals surface area contributed by atoms with E-state index < -0.39 is 0 Å². The first-order chi connectivity index (χ1) is 13.4. The number of carbonyl (C=O) groups excluding carboxylic acids is 1. The van der Waals surface area contributed by atoms with Gasteiger partial charge in [0.2, 0.25) is 6.73 Å². The number of rotatable bonds is 19. The number of quaternary nitrogens is 1. The van der Waals surface area contributed by atoms with Crippen molar-refractivity contribution >= 4 is 5.97 Å². The summed E-state index contributed by atoms with van der Waals surface area (Å²) in [7, 11) is 3.92. The van der Waals surface area contributed by atoms with Crippen molar-refractivity contribution in [1.29, 1.82) is 0 Å². The molecule has 1 unspecified atom stereocenters. The summed E-state index contributed by atoms with van der Waals surface area (Å²) in [6, 6.07) is 0. The van der Waals surface area contributed by atoms with E-state index in [4.69, 9.17) is 4.74 Å². The number of halogens is 1. The van der Waals surface area contributed by atoms with E-state index in [9.17, 15) is 9.90 Å². The Morgan fingerprint density at radius 2 is 1.38 bits per heavy atom. The van der Waals surface area contributed by atoms with Crippen LogP contribution in [0.1, 0.15) is 104 Å². The maximum Gasteiger partial charge on any atom is 0.310 e. The minimum absolute atomic E-state index is 0. The van der Waals surface area contributed by atoms with Crippen LogP contribution in [0.2, 0.25) is 0 Å². The Labute approximate surface area is 187 Å². The molecule has 0 saturated carbocycles. The van der Waals surface area contributed by atoms with E-state index in [0.717, 1.165) is 12.8 Å². The fourth-order valence-electron chi connectivity index (χ4n) is 3.43. The number of ether oxygens (including phenoxy) is 1. The van der Waals surface area contributed by atoms with Crippen molar-refractivity contribution in [2.45, 2.75) is 110 Å². The van der Waals surface area contributed by atoms with Gasteiger partial charge in [-0.25, -0.2) is 0 Å². The van der Waals surface area contributed by atoms with Crippen LogP contribution >= 0.6 is 0 Å². The summed E-state index contributed by atoms with van der Waals surface area (Å²) in [5, 5.41) is 9.45. The van der Waals surface area contributed by atoms with E-state index in [1.165, 1.54) is 70.6 Å². The fraction of sp³-hybridized carbons (Fsp3) is 0.875. The van der Waals surface area contributed by atoms with Crippen LogP contribution in [0, 0.1) is 0 Å². The van der Waals surface area contributed by atoms with Gasteiger partial charge in [0.05, 0.1) is 14.1 Å². The number of hydrogen-bond donors (Lipinski definition) is 1. The average Bonchev–Trinajstić information content (AvgIpc) is 2.62. The highest BCUT2D eigenvalue weighted by molar-refractivity contribution is 5.69. The molecule has 174 valence electrons. The van der Waals surface area contributed by atoms with E-state index in [2.05, 4.69) is 19.1 Å². The molecule has 0 aliphatic carbocycles. The topological polar surface area (TPSA) is 46.5 Å². The van der Waals surface area contributed by atoms with Gasteiger partial charge in [0.25, 0.3) is 0 Å². The Morgan fingerprint density at radius 3 is 1.90 bits per heavy atom. The smallest absolute Gasteiger partial charge is 0.310 e. The molecule has 29 heavy (non-hydrogen) atoms. The third-order valence-corrected chi connectivity index (χ3v) is 4.98. The Kier molecular flexibility index (Phi) is 21.8. The zero-order valence-corrected chi connectivity index (χ0v) is 20.4. The Balaban J connectivity index is 0. The maximum atomic E-state index is 11.8. The first-order valence-electron chi connectivity index (χ1n) is 11.7. The zero-order valence-electron chi connectivity index (χ0n) is 19.6. The Hall–Kier alpha value is -0.580. The molecular weight excluding hydrogens is 386 g/mol. The van der Waals surface area contributed by atoms with Gasteiger partial charge in [-0.3, -0.25) is 9.28 Å². The number of unbranched alkanes of at least 4 members (excludes halogenated alkanes) is 11. The molecule has 0 aromatic rings. The largest absolute Gasteiger partial charge is 1.00 e. The van der Waals surface area contributed by atoms with Crippen LogP contribution < -0.4 is 12.4 Å². The molecule has 0 spiro atoms. The normalized spacial score (nSPS) is 12.7. The minimum atomic E-state index is -0.390. The van der Waals surface area contributed by atoms with Crippen LogP contribution in [0.15, 0.2) is 12.2 Å². The minimum Gasteiger partial charge on any atom is -1.00 e. The molecule has 0 amide bonds. The number of likely N-dealkylation sites (N-methyl/N-ethyl adjacent to an activating group) is 1. The quantitative estimate of drug-likeness (QED) is 0.112. The number of aliphatic hydroxyl groups is 1. The summed E-state index contributed by atoms with van der Waals surface area (Å²) in [6.07, 6.45) is 21.2. The van der Waals surface area contributed by atoms with Crippen molar-refractivity contribution in [2.24, 2.45) is 0 Å². The van der Waals surface area contributed by atoms with E-state index in [-0.39, 0.29) is 24.5 Å². The molecule has 4 nitrogen and oxygen atoms in total. The van der Waals surface area contributed by atoms with Gasteiger partial charge in [-0.15, -0.1) is 0 Å². The Bertz CT molecular complexity index is 398. The second-order valence-electron chi connectivity index (χ2n) is 8.95. The molecule has 5 heteroatoms. The van der Waals surface area contributed by atoms with Crippen molar-refractivity contribution in [3.05, 3.63) is 12.2 Å². The molecular formula is C24H48ClNO3. The van der Waals surface area contributed by atoms with E-state index in [1.54, 1.807) is 6.92 Å². The second kappa shape index (κ2) is 20.7. The van der Waals surface area contributed by atoms with Gasteiger partial charge in [-0.05, 0) is 39.0 Å². The summed E-state index contributed by atoms with van der Waals surface area (Å²) >= 11 is 0. The molecule has 0 rings (SSSR count). The predicted molar refractivity (Wildman–Crippen MR) is 119 cm³/mol. The van der Waals surface area contributed by atoms with Crippen molar-refractivity contribution in [2.75, 3.05) is 27.4 Å². The molecule has 0 saturated heterocycles. The lowest BCUT2D eigenvalue weighted by molar-refractivity contribution is -0.909. The van der Waals surface area contributed by atoms with Crippen LogP contribution in [0.25, 0.3) is 0 Å². The Morgan fingerprint density at radius 1 is 0.897 bits per heavy atom. The first kappa shape index (κ1) is 30.6. The number of hydrogen-bond acceptors (Lipinski definition) is 3. The van der Waals surface area contributed by atoms with E-state index >= 15 is 0 Å². The lowest BCUT2D eigenvalue weighted by Gasteiger charge is -2.29. The number of aliphatic hydroxyl groups excluding tert-OH is 1. The van der Waals surface area contributed by atoms with E-state index in [0.29, 0.717) is 24.2 Å². The number of nitrogens with zero attached hydrogens (tertiary/aromatic N) is 1. The SMILES string of the molecule is CCCCCCCC/C=C\CCCCCCCC(=O)OC[N+](C)(C)CC(C)O.[Cl-]. The van der Waals surface area contributed by atoms with Gasteiger partial charge in [-0.2, -0.15) is 0 Å². The summed E-state index contributed by atoms with van der Waals surface area (Å²) < 4.78 is 5.84. The summed E-state index contributed by atoms with van der Waals surface area (Å²) in [4.78, 5) is 11.8. The highest BCUT2D eigenvalue weighted by atomic mass is 35.5. The highest BCUT2D eigenvalue weighted by Crippen LogP contribution is 2.10. The predicted octanol–water partition coefficient (Wildman–Crippen LogP) is 2.99. The van der Waals surface area contributed by atoms with Crippen LogP contribution in [0.3, 0.4) is 0 Å². The van der Waals surface area contributed by atoms with Crippen molar-refractivity contribution in [3.8, 4) is 0 Å². The second-order valence-corrected chi connectivity index (χ2v) is 8.95. The number of esters is 1. The van der Waals surface area contributed by atoms with Gasteiger partial charge < -0.3 is 22.3 Å². The maximum absolute atomic E-state index is 11.8. The first-order valence-corrected chi connectivity index (χ1v) is 11.7. The molecule has 0 aromatic carbocycles.